The van der Waals surface area contributed by atoms with Crippen LogP contribution in [0.2, 0.25) is 0 Å². The van der Waals surface area contributed by atoms with Crippen LogP contribution in [0.5, 0.6) is 0 Å². The zero-order chi connectivity index (χ0) is 12.5. The molecule has 5 nitrogen and oxygen atoms in total. The van der Waals surface area contributed by atoms with E-state index in [2.05, 4.69) is 0 Å². The molecule has 98 valence electrons. The lowest BCUT2D eigenvalue weighted by Crippen LogP contribution is -3.16. The van der Waals surface area contributed by atoms with E-state index < -0.39 is 10.8 Å². The van der Waals surface area contributed by atoms with Gasteiger partial charge in [-0.1, -0.05) is 19.3 Å². The number of hydrogen-bond donors (Lipinski definition) is 2. The van der Waals surface area contributed by atoms with Crippen molar-refractivity contribution in [1.82, 2.24) is 4.90 Å². The van der Waals surface area contributed by atoms with Crippen molar-refractivity contribution in [1.29, 1.82) is 0 Å². The highest BCUT2D eigenvalue weighted by molar-refractivity contribution is 5.77. The molecule has 0 bridgehead atoms. The molecule has 1 heterocycles. The average Bonchev–Trinajstić information content (AvgIpc) is 2.33. The second-order valence-corrected chi connectivity index (χ2v) is 5.55. The normalized spacial score (nSPS) is 33.8. The van der Waals surface area contributed by atoms with Crippen LogP contribution in [0.3, 0.4) is 0 Å². The van der Waals surface area contributed by atoms with Crippen molar-refractivity contribution >= 4 is 5.91 Å². The Bertz CT molecular complexity index is 289. The molecule has 1 amide bonds. The van der Waals surface area contributed by atoms with Crippen molar-refractivity contribution in [3.63, 3.8) is 0 Å². The maximum absolute atomic E-state index is 11.7. The van der Waals surface area contributed by atoms with Gasteiger partial charge in [-0.3, -0.25) is 4.79 Å². The fourth-order valence-corrected chi connectivity index (χ4v) is 3.45. The molecule has 2 fully saturated rings. The molecule has 1 aliphatic heterocycles. The van der Waals surface area contributed by atoms with Gasteiger partial charge in [0, 0.05) is 25.8 Å². The lowest BCUT2D eigenvalue weighted by atomic mass is 9.71. The number of likely N-dealkylation sites (tertiary alicyclic amines) is 1. The molecule has 1 saturated heterocycles. The fraction of sp³-hybridized carbons (Fsp3) is 0.917. The van der Waals surface area contributed by atoms with E-state index in [9.17, 15) is 15.2 Å². The first-order chi connectivity index (χ1) is 8.06. The summed E-state index contributed by atoms with van der Waals surface area (Å²) in [7, 11) is 1.72. The number of quaternary nitrogens is 1. The minimum Gasteiger partial charge on any atom is -0.600 e. The van der Waals surface area contributed by atoms with Crippen molar-refractivity contribution in [3.05, 3.63) is 5.21 Å². The molecule has 2 rings (SSSR count). The summed E-state index contributed by atoms with van der Waals surface area (Å²) in [5.74, 6) is 0.335. The second-order valence-electron chi connectivity index (χ2n) is 5.55. The summed E-state index contributed by atoms with van der Waals surface area (Å²) >= 11 is 0. The van der Waals surface area contributed by atoms with Gasteiger partial charge in [0.05, 0.1) is 6.54 Å². The van der Waals surface area contributed by atoms with E-state index in [1.807, 2.05) is 0 Å². The highest BCUT2D eigenvalue weighted by Crippen LogP contribution is 2.36. The molecule has 0 aromatic rings. The molecular formula is C12H22N2O3. The van der Waals surface area contributed by atoms with Gasteiger partial charge in [-0.15, -0.1) is 0 Å². The molecule has 2 aliphatic rings. The van der Waals surface area contributed by atoms with Gasteiger partial charge in [0.15, 0.2) is 0 Å². The zero-order valence-electron chi connectivity index (χ0n) is 10.4. The van der Waals surface area contributed by atoms with Crippen molar-refractivity contribution in [3.8, 4) is 0 Å². The summed E-state index contributed by atoms with van der Waals surface area (Å²) in [6.07, 6.45) is 6.42. The first-order valence-corrected chi connectivity index (χ1v) is 6.53. The van der Waals surface area contributed by atoms with Crippen LogP contribution in [0.15, 0.2) is 0 Å². The van der Waals surface area contributed by atoms with Crippen molar-refractivity contribution in [2.45, 2.75) is 50.5 Å². The van der Waals surface area contributed by atoms with Crippen LogP contribution in [0.4, 0.5) is 0 Å². The minimum atomic E-state index is -0.705. The summed E-state index contributed by atoms with van der Waals surface area (Å²) in [5.41, 5.74) is -0.678. The number of hydroxylamine groups is 2. The third-order valence-electron chi connectivity index (χ3n) is 4.54. The molecule has 2 unspecified atom stereocenters. The van der Waals surface area contributed by atoms with E-state index in [1.165, 1.54) is 6.42 Å². The monoisotopic (exact) mass is 242 g/mol. The van der Waals surface area contributed by atoms with Gasteiger partial charge in [0.1, 0.15) is 5.54 Å². The average molecular weight is 242 g/mol. The van der Waals surface area contributed by atoms with Crippen LogP contribution < -0.4 is 5.23 Å². The Morgan fingerprint density at radius 3 is 2.59 bits per heavy atom. The number of likely N-dealkylation sites (N-methyl/N-ethyl adjacent to an activating group) is 1. The lowest BCUT2D eigenvalue weighted by Gasteiger charge is -2.49. The van der Waals surface area contributed by atoms with E-state index in [0.29, 0.717) is 19.4 Å². The van der Waals surface area contributed by atoms with E-state index in [1.54, 1.807) is 11.9 Å². The second kappa shape index (κ2) is 4.92. The molecular weight excluding hydrogens is 220 g/mol. The van der Waals surface area contributed by atoms with Gasteiger partial charge in [0.2, 0.25) is 5.91 Å². The minimum absolute atomic E-state index is 0.0812. The molecule has 17 heavy (non-hydrogen) atoms. The van der Waals surface area contributed by atoms with Crippen molar-refractivity contribution in [2.75, 3.05) is 13.6 Å². The van der Waals surface area contributed by atoms with Crippen LogP contribution >= 0.6 is 0 Å². The maximum atomic E-state index is 11.7. The van der Waals surface area contributed by atoms with Crippen LogP contribution in [0, 0.1) is 11.1 Å². The molecule has 5 heteroatoms. The Morgan fingerprint density at radius 1 is 1.41 bits per heavy atom. The first kappa shape index (κ1) is 12.8. The third-order valence-corrected chi connectivity index (χ3v) is 4.54. The first-order valence-electron chi connectivity index (χ1n) is 6.53. The Kier molecular flexibility index (Phi) is 3.70. The Morgan fingerprint density at radius 2 is 2.06 bits per heavy atom. The van der Waals surface area contributed by atoms with Gasteiger partial charge in [-0.05, 0) is 12.8 Å². The van der Waals surface area contributed by atoms with Crippen LogP contribution in [-0.2, 0) is 4.79 Å². The standard InChI is InChI=1S/C12H22N2O3/c1-13-9-12(14(16)17,8-7-11(13)15)10-5-3-2-4-6-10/h10,14,16H,2-9H2,1H3. The van der Waals surface area contributed by atoms with Gasteiger partial charge < -0.3 is 10.1 Å². The number of amides is 1. The Hall–Kier alpha value is -0.650. The Labute approximate surface area is 102 Å². The molecule has 0 aromatic carbocycles. The van der Waals surface area contributed by atoms with Gasteiger partial charge in [-0.2, -0.15) is 0 Å². The van der Waals surface area contributed by atoms with E-state index in [-0.39, 0.29) is 11.8 Å². The van der Waals surface area contributed by atoms with Crippen LogP contribution in [0.25, 0.3) is 0 Å². The molecule has 0 radical (unpaired) electrons. The fourth-order valence-electron chi connectivity index (χ4n) is 3.45. The third kappa shape index (κ3) is 2.32. The molecule has 0 aromatic heterocycles. The Balaban J connectivity index is 2.17. The SMILES string of the molecule is CN1CC(C2CCCCC2)([NH+]([O-])O)CCC1=O. The van der Waals surface area contributed by atoms with Crippen molar-refractivity contribution < 1.29 is 15.2 Å². The van der Waals surface area contributed by atoms with Crippen LogP contribution in [-0.4, -0.2) is 35.1 Å². The van der Waals surface area contributed by atoms with E-state index in [4.69, 9.17) is 0 Å². The van der Waals surface area contributed by atoms with Crippen LogP contribution in [0.1, 0.15) is 44.9 Å². The molecule has 1 aliphatic carbocycles. The predicted molar refractivity (Wildman–Crippen MR) is 62.3 cm³/mol. The van der Waals surface area contributed by atoms with E-state index in [0.717, 1.165) is 25.7 Å². The number of rotatable bonds is 2. The van der Waals surface area contributed by atoms with Gasteiger partial charge in [-0.25, -0.2) is 10.4 Å². The predicted octanol–water partition coefficient (Wildman–Crippen LogP) is 0.330. The quantitative estimate of drug-likeness (QED) is 0.686. The van der Waals surface area contributed by atoms with Gasteiger partial charge >= 0.3 is 0 Å². The van der Waals surface area contributed by atoms with Crippen molar-refractivity contribution in [2.24, 2.45) is 5.92 Å². The van der Waals surface area contributed by atoms with E-state index >= 15 is 0 Å². The lowest BCUT2D eigenvalue weighted by molar-refractivity contribution is -1.09. The highest BCUT2D eigenvalue weighted by Gasteiger charge is 2.49. The summed E-state index contributed by atoms with van der Waals surface area (Å²) in [4.78, 5) is 13.1. The smallest absolute Gasteiger partial charge is 0.222 e. The van der Waals surface area contributed by atoms with Gasteiger partial charge in [0.25, 0.3) is 0 Å². The zero-order valence-corrected chi connectivity index (χ0v) is 10.4. The summed E-state index contributed by atoms with van der Waals surface area (Å²) in [6.45, 7) is 0.395. The largest absolute Gasteiger partial charge is 0.600 e. The molecule has 1 saturated carbocycles. The number of carbonyl (C=O) groups is 1. The molecule has 2 atom stereocenters. The number of piperidine rings is 1. The molecule has 0 spiro atoms. The highest BCUT2D eigenvalue weighted by atomic mass is 16.8. The summed E-state index contributed by atoms with van der Waals surface area (Å²) in [5, 5.41) is 20.6. The number of hydrogen-bond acceptors (Lipinski definition) is 3. The molecule has 2 N–H and O–H groups in total. The number of nitrogens with one attached hydrogen (secondary N) is 1. The maximum Gasteiger partial charge on any atom is 0.222 e. The number of carbonyl (C=O) groups excluding carboxylic acids is 1. The topological polar surface area (TPSA) is 68.0 Å². The number of nitrogens with zero attached hydrogens (tertiary/aromatic N) is 1. The summed E-state index contributed by atoms with van der Waals surface area (Å²) < 4.78 is 0. The summed E-state index contributed by atoms with van der Waals surface area (Å²) in [6, 6.07) is 0.